The second-order valence-electron chi connectivity index (χ2n) is 4.71. The summed E-state index contributed by atoms with van der Waals surface area (Å²) in [7, 11) is 2.83. The summed E-state index contributed by atoms with van der Waals surface area (Å²) in [6.45, 7) is 0. The molecule has 0 fully saturated rings. The Bertz CT molecular complexity index is 763. The molecule has 2 rings (SSSR count). The lowest BCUT2D eigenvalue weighted by Gasteiger charge is -2.13. The summed E-state index contributed by atoms with van der Waals surface area (Å²) in [6.07, 6.45) is -4.62. The summed E-state index contributed by atoms with van der Waals surface area (Å²) in [4.78, 5) is 12.3. The van der Waals surface area contributed by atoms with E-state index >= 15 is 0 Å². The highest BCUT2D eigenvalue weighted by Gasteiger charge is 2.33. The second kappa shape index (κ2) is 7.00. The van der Waals surface area contributed by atoms with Crippen molar-refractivity contribution in [2.24, 2.45) is 0 Å². The van der Waals surface area contributed by atoms with Crippen LogP contribution in [0.15, 0.2) is 36.4 Å². The molecule has 0 heterocycles. The number of carbonyl (C=O) groups is 1. The number of hydrogen-bond donors (Lipinski definition) is 1. The molecule has 0 aliphatic carbocycles. The molecule has 0 aliphatic heterocycles. The lowest BCUT2D eigenvalue weighted by atomic mass is 10.1. The van der Waals surface area contributed by atoms with Crippen LogP contribution in [0, 0.1) is 0 Å². The van der Waals surface area contributed by atoms with Gasteiger partial charge in [-0.3, -0.25) is 4.79 Å². The Labute approximate surface area is 141 Å². The molecule has 0 saturated heterocycles. The van der Waals surface area contributed by atoms with Crippen LogP contribution in [0.2, 0.25) is 5.02 Å². The van der Waals surface area contributed by atoms with Gasteiger partial charge < -0.3 is 14.8 Å². The fourth-order valence-corrected chi connectivity index (χ4v) is 2.23. The van der Waals surface area contributed by atoms with Gasteiger partial charge in [-0.1, -0.05) is 11.6 Å². The number of methoxy groups -OCH3 is 2. The van der Waals surface area contributed by atoms with E-state index < -0.39 is 22.7 Å². The van der Waals surface area contributed by atoms with E-state index in [1.807, 2.05) is 0 Å². The molecule has 0 unspecified atom stereocenters. The molecular weight excluding hydrogens is 347 g/mol. The van der Waals surface area contributed by atoms with E-state index in [1.165, 1.54) is 32.4 Å². The third-order valence-corrected chi connectivity index (χ3v) is 3.51. The fourth-order valence-electron chi connectivity index (χ4n) is 2.00. The lowest BCUT2D eigenvalue weighted by Crippen LogP contribution is -2.14. The normalized spacial score (nSPS) is 11.1. The van der Waals surface area contributed by atoms with Crippen LogP contribution in [0.5, 0.6) is 11.5 Å². The van der Waals surface area contributed by atoms with Crippen LogP contribution < -0.4 is 14.8 Å². The SMILES string of the molecule is COc1ccc(C(=O)Nc2ccc(Cl)c(C(F)(F)F)c2)c(OC)c1. The molecule has 2 aromatic carbocycles. The first-order chi connectivity index (χ1) is 11.3. The van der Waals surface area contributed by atoms with Crippen molar-refractivity contribution < 1.29 is 27.4 Å². The first-order valence-corrected chi connectivity index (χ1v) is 7.04. The average molecular weight is 360 g/mol. The molecule has 2 aromatic rings. The van der Waals surface area contributed by atoms with Crippen molar-refractivity contribution >= 4 is 23.2 Å². The first-order valence-electron chi connectivity index (χ1n) is 6.66. The van der Waals surface area contributed by atoms with E-state index in [0.29, 0.717) is 5.75 Å². The van der Waals surface area contributed by atoms with Crippen molar-refractivity contribution in [3.05, 3.63) is 52.5 Å². The van der Waals surface area contributed by atoms with Crippen molar-refractivity contribution in [1.82, 2.24) is 0 Å². The number of hydrogen-bond acceptors (Lipinski definition) is 3. The standard InChI is InChI=1S/C16H13ClF3NO3/c1-23-10-4-5-11(14(8-10)24-2)15(22)21-9-3-6-13(17)12(7-9)16(18,19)20/h3-8H,1-2H3,(H,21,22). The molecule has 24 heavy (non-hydrogen) atoms. The summed E-state index contributed by atoms with van der Waals surface area (Å²) in [5.74, 6) is 0.0936. The molecule has 128 valence electrons. The lowest BCUT2D eigenvalue weighted by molar-refractivity contribution is -0.137. The van der Waals surface area contributed by atoms with Gasteiger partial charge in [-0.05, 0) is 30.3 Å². The van der Waals surface area contributed by atoms with Gasteiger partial charge in [-0.2, -0.15) is 13.2 Å². The summed E-state index contributed by atoms with van der Waals surface area (Å²) in [6, 6.07) is 7.62. The number of rotatable bonds is 4. The quantitative estimate of drug-likeness (QED) is 0.866. The third kappa shape index (κ3) is 3.91. The fraction of sp³-hybridized carbons (Fsp3) is 0.188. The highest BCUT2D eigenvalue weighted by molar-refractivity contribution is 6.31. The molecule has 0 aromatic heterocycles. The summed E-state index contributed by atoms with van der Waals surface area (Å²) in [5, 5.41) is 1.95. The smallest absolute Gasteiger partial charge is 0.417 e. The number of nitrogens with one attached hydrogen (secondary N) is 1. The van der Waals surface area contributed by atoms with Crippen LogP contribution >= 0.6 is 11.6 Å². The van der Waals surface area contributed by atoms with E-state index in [9.17, 15) is 18.0 Å². The summed E-state index contributed by atoms with van der Waals surface area (Å²) < 4.78 is 48.7. The molecule has 1 N–H and O–H groups in total. The van der Waals surface area contributed by atoms with Crippen LogP contribution in [0.25, 0.3) is 0 Å². The molecule has 0 aliphatic rings. The van der Waals surface area contributed by atoms with E-state index in [4.69, 9.17) is 21.1 Å². The van der Waals surface area contributed by atoms with Gasteiger partial charge in [0.05, 0.1) is 30.4 Å². The Kier molecular flexibility index (Phi) is 5.23. The summed E-state index contributed by atoms with van der Waals surface area (Å²) in [5.41, 5.74) is -0.903. The van der Waals surface area contributed by atoms with Crippen LogP contribution in [0.1, 0.15) is 15.9 Å². The van der Waals surface area contributed by atoms with Crippen molar-refractivity contribution in [1.29, 1.82) is 0 Å². The number of anilines is 1. The second-order valence-corrected chi connectivity index (χ2v) is 5.12. The number of benzene rings is 2. The van der Waals surface area contributed by atoms with Crippen molar-refractivity contribution in [3.8, 4) is 11.5 Å². The highest BCUT2D eigenvalue weighted by Crippen LogP contribution is 2.36. The Hall–Kier alpha value is -2.41. The number of alkyl halides is 3. The predicted octanol–water partition coefficient (Wildman–Crippen LogP) is 4.63. The molecule has 4 nitrogen and oxygen atoms in total. The van der Waals surface area contributed by atoms with Gasteiger partial charge in [0.1, 0.15) is 11.5 Å². The van der Waals surface area contributed by atoms with E-state index in [2.05, 4.69) is 5.32 Å². The van der Waals surface area contributed by atoms with Crippen LogP contribution in [-0.4, -0.2) is 20.1 Å². The van der Waals surface area contributed by atoms with Gasteiger partial charge >= 0.3 is 6.18 Å². The van der Waals surface area contributed by atoms with Gasteiger partial charge in [0.25, 0.3) is 5.91 Å². The van der Waals surface area contributed by atoms with Crippen molar-refractivity contribution in [2.75, 3.05) is 19.5 Å². The molecule has 0 radical (unpaired) electrons. The number of amides is 1. The minimum absolute atomic E-state index is 0.0328. The molecule has 1 amide bonds. The van der Waals surface area contributed by atoms with E-state index in [-0.39, 0.29) is 17.0 Å². The zero-order chi connectivity index (χ0) is 17.9. The number of carbonyl (C=O) groups excluding carboxylic acids is 1. The molecule has 0 saturated carbocycles. The maximum absolute atomic E-state index is 12.9. The van der Waals surface area contributed by atoms with Gasteiger partial charge in [-0.15, -0.1) is 0 Å². The van der Waals surface area contributed by atoms with Crippen LogP contribution in [0.4, 0.5) is 18.9 Å². The minimum atomic E-state index is -4.62. The van der Waals surface area contributed by atoms with Crippen molar-refractivity contribution in [2.45, 2.75) is 6.18 Å². The molecular formula is C16H13ClF3NO3. The Morgan fingerprint density at radius 3 is 2.38 bits per heavy atom. The monoisotopic (exact) mass is 359 g/mol. The molecule has 0 atom stereocenters. The number of ether oxygens (including phenoxy) is 2. The van der Waals surface area contributed by atoms with E-state index in [0.717, 1.165) is 12.1 Å². The van der Waals surface area contributed by atoms with Crippen LogP contribution in [0.3, 0.4) is 0 Å². The Balaban J connectivity index is 2.30. The average Bonchev–Trinajstić information content (AvgIpc) is 2.54. The van der Waals surface area contributed by atoms with Gasteiger partial charge in [0.2, 0.25) is 0 Å². The molecule has 0 spiro atoms. The predicted molar refractivity (Wildman–Crippen MR) is 84.0 cm³/mol. The zero-order valence-corrected chi connectivity index (χ0v) is 13.5. The summed E-state index contributed by atoms with van der Waals surface area (Å²) >= 11 is 5.55. The zero-order valence-electron chi connectivity index (χ0n) is 12.7. The van der Waals surface area contributed by atoms with Gasteiger partial charge in [0.15, 0.2) is 0 Å². The van der Waals surface area contributed by atoms with E-state index in [1.54, 1.807) is 6.07 Å². The maximum atomic E-state index is 12.9. The first kappa shape index (κ1) is 17.9. The number of halogens is 4. The largest absolute Gasteiger partial charge is 0.497 e. The highest BCUT2D eigenvalue weighted by atomic mass is 35.5. The maximum Gasteiger partial charge on any atom is 0.417 e. The molecule has 0 bridgehead atoms. The van der Waals surface area contributed by atoms with Crippen LogP contribution in [-0.2, 0) is 6.18 Å². The van der Waals surface area contributed by atoms with Crippen molar-refractivity contribution in [3.63, 3.8) is 0 Å². The Morgan fingerprint density at radius 2 is 1.79 bits per heavy atom. The molecule has 8 heteroatoms. The third-order valence-electron chi connectivity index (χ3n) is 3.18. The topological polar surface area (TPSA) is 47.6 Å². The minimum Gasteiger partial charge on any atom is -0.497 e. The van der Waals surface area contributed by atoms with Gasteiger partial charge in [0, 0.05) is 11.8 Å². The van der Waals surface area contributed by atoms with Gasteiger partial charge in [-0.25, -0.2) is 0 Å². The Morgan fingerprint density at radius 1 is 1.08 bits per heavy atom.